The second-order valence-corrected chi connectivity index (χ2v) is 28.3. The van der Waals surface area contributed by atoms with E-state index >= 15 is 4.79 Å². The van der Waals surface area contributed by atoms with Gasteiger partial charge in [-0.05, 0) is 110 Å². The van der Waals surface area contributed by atoms with Gasteiger partial charge in [0.1, 0.15) is 97.0 Å². The summed E-state index contributed by atoms with van der Waals surface area (Å²) < 4.78 is 59.9. The Kier molecular flexibility index (Phi) is 18.4. The number of fused-ring (bicyclic) bond motifs is 7. The minimum atomic E-state index is -2.06. The molecule has 0 radical (unpaired) electrons. The monoisotopic (exact) mass is 1220 g/mol. The van der Waals surface area contributed by atoms with Crippen molar-refractivity contribution >= 4 is 11.9 Å². The van der Waals surface area contributed by atoms with E-state index in [9.17, 15) is 81.4 Å². The molecule has 5 aliphatic carbocycles. The molecule has 9 fully saturated rings. The molecule has 27 nitrogen and oxygen atoms in total. The van der Waals surface area contributed by atoms with Gasteiger partial charge in [-0.25, -0.2) is 4.79 Å². The topological polar surface area (TPSA) is 430 Å². The molecule has 5 heterocycles. The van der Waals surface area contributed by atoms with Crippen LogP contribution in [0.5, 0.6) is 0 Å². The second kappa shape index (κ2) is 23.8. The van der Waals surface area contributed by atoms with E-state index in [-0.39, 0.29) is 35.5 Å². The summed E-state index contributed by atoms with van der Waals surface area (Å²) >= 11 is 0. The third-order valence-electron chi connectivity index (χ3n) is 22.7. The van der Waals surface area contributed by atoms with Crippen LogP contribution in [0.3, 0.4) is 0 Å². The highest BCUT2D eigenvalue weighted by Crippen LogP contribution is 2.76. The molecule has 4 saturated carbocycles. The third-order valence-corrected chi connectivity index (χ3v) is 22.7. The molecule has 5 saturated heterocycles. The van der Waals surface area contributed by atoms with Crippen molar-refractivity contribution in [3.63, 3.8) is 0 Å². The summed E-state index contributed by atoms with van der Waals surface area (Å²) in [6.45, 7) is 14.8. The van der Waals surface area contributed by atoms with E-state index in [2.05, 4.69) is 54.5 Å². The number of esters is 1. The van der Waals surface area contributed by atoms with E-state index in [1.54, 1.807) is 0 Å². The highest BCUT2D eigenvalue weighted by Gasteiger charge is 2.72. The quantitative estimate of drug-likeness (QED) is 0.0532. The van der Waals surface area contributed by atoms with Crippen LogP contribution in [0.1, 0.15) is 113 Å². The molecule has 0 spiro atoms. The molecule has 27 heteroatoms. The number of ether oxygens (including phenoxy) is 10. The summed E-state index contributed by atoms with van der Waals surface area (Å²) in [5, 5.41) is 163. The molecule has 10 rings (SSSR count). The van der Waals surface area contributed by atoms with Crippen molar-refractivity contribution in [3.8, 4) is 0 Å². The van der Waals surface area contributed by atoms with Crippen LogP contribution in [0.15, 0.2) is 11.6 Å². The average molecular weight is 1220 g/mol. The van der Waals surface area contributed by atoms with E-state index < -0.39 is 213 Å². The number of carboxylic acid groups (broad SMARTS) is 1. The minimum Gasteiger partial charge on any atom is -0.479 e. The lowest BCUT2D eigenvalue weighted by Crippen LogP contribution is -2.68. The Hall–Kier alpha value is -2.24. The Morgan fingerprint density at radius 1 is 0.576 bits per heavy atom. The van der Waals surface area contributed by atoms with E-state index in [1.165, 1.54) is 6.92 Å². The number of aliphatic carboxylic acids is 1. The average Bonchev–Trinajstić information content (AvgIpc) is 0.734. The summed E-state index contributed by atoms with van der Waals surface area (Å²) in [4.78, 5) is 27.5. The zero-order valence-electron chi connectivity index (χ0n) is 49.3. The van der Waals surface area contributed by atoms with Gasteiger partial charge in [0.2, 0.25) is 6.29 Å². The first-order chi connectivity index (χ1) is 39.7. The number of carbonyl (C=O) groups is 2. The summed E-state index contributed by atoms with van der Waals surface area (Å²) in [6, 6.07) is 0. The normalized spacial score (nSPS) is 54.1. The molecule has 0 aromatic heterocycles. The summed E-state index contributed by atoms with van der Waals surface area (Å²) in [6.07, 6.45) is -35.0. The summed E-state index contributed by atoms with van der Waals surface area (Å²) in [7, 11) is 0. The number of carboxylic acids is 1. The fourth-order valence-corrected chi connectivity index (χ4v) is 17.5. The molecular formula is C58H92O27. The lowest BCUT2D eigenvalue weighted by atomic mass is 9.33. The largest absolute Gasteiger partial charge is 0.479 e. The second-order valence-electron chi connectivity index (χ2n) is 28.3. The molecule has 486 valence electrons. The number of hydrogen-bond acceptors (Lipinski definition) is 26. The number of aliphatic hydroxyl groups is 14. The Labute approximate surface area is 492 Å². The lowest BCUT2D eigenvalue weighted by Gasteiger charge is -2.71. The SMILES string of the molecule is C[C@@H]1O[C@@H](O[C@H]2[C@H](OC(=O)[C@]34CCC(C)(C)C[C@H]3C3=CC[C@@H]5[C@@]6(C)CC[C@H](O[C@@H]7O[C@H](C(=O)O)[C@@H](O)[C@H](O)[C@H]7O)C(C)(C)[C@H]6CC[C@@]5(C)[C@]3(C)C[C@H]4O)OC[C@H](O)[C@@H]2O)[C@H](O)[C@H](O[C@@H]2O[C@H](CO)[C@@H](O)[C@H](O)[C@H]2O)[C@H]1O[C@@H]1OC[C@@H](O)[C@H](O)[C@H]1O. The van der Waals surface area contributed by atoms with Gasteiger partial charge in [-0.15, -0.1) is 0 Å². The van der Waals surface area contributed by atoms with Crippen molar-refractivity contribution in [2.24, 2.45) is 50.2 Å². The van der Waals surface area contributed by atoms with Gasteiger partial charge in [0.05, 0.1) is 38.1 Å². The molecule has 0 aromatic carbocycles. The van der Waals surface area contributed by atoms with Crippen molar-refractivity contribution in [3.05, 3.63) is 11.6 Å². The van der Waals surface area contributed by atoms with Crippen LogP contribution in [-0.2, 0) is 57.0 Å². The first-order valence-electron chi connectivity index (χ1n) is 30.1. The van der Waals surface area contributed by atoms with Gasteiger partial charge in [-0.1, -0.05) is 60.1 Å². The Morgan fingerprint density at radius 2 is 1.16 bits per heavy atom. The first kappa shape index (κ1) is 65.7. The predicted molar refractivity (Wildman–Crippen MR) is 284 cm³/mol. The molecular weight excluding hydrogens is 1130 g/mol. The maximum atomic E-state index is 15.6. The van der Waals surface area contributed by atoms with Gasteiger partial charge < -0.3 is 124 Å². The van der Waals surface area contributed by atoms with Gasteiger partial charge in [0, 0.05) is 0 Å². The van der Waals surface area contributed by atoms with Crippen LogP contribution in [0.25, 0.3) is 0 Å². The molecule has 10 aliphatic rings. The molecule has 32 atom stereocenters. The highest BCUT2D eigenvalue weighted by molar-refractivity contribution is 5.80. The van der Waals surface area contributed by atoms with Crippen LogP contribution < -0.4 is 0 Å². The maximum absolute atomic E-state index is 15.6. The lowest BCUT2D eigenvalue weighted by molar-refractivity contribution is -0.392. The van der Waals surface area contributed by atoms with Gasteiger partial charge >= 0.3 is 11.9 Å². The van der Waals surface area contributed by atoms with Gasteiger partial charge in [-0.2, -0.15) is 0 Å². The number of allylic oxidation sites excluding steroid dienone is 2. The zero-order valence-corrected chi connectivity index (χ0v) is 49.3. The van der Waals surface area contributed by atoms with E-state index in [0.29, 0.717) is 32.1 Å². The smallest absolute Gasteiger partial charge is 0.335 e. The Bertz CT molecular complexity index is 2430. The van der Waals surface area contributed by atoms with Crippen LogP contribution in [0, 0.1) is 50.2 Å². The number of hydrogen-bond donors (Lipinski definition) is 15. The number of rotatable bonds is 12. The van der Waals surface area contributed by atoms with Crippen molar-refractivity contribution in [1.82, 2.24) is 0 Å². The first-order valence-corrected chi connectivity index (χ1v) is 30.1. The molecule has 0 amide bonds. The van der Waals surface area contributed by atoms with Crippen LogP contribution in [0.4, 0.5) is 0 Å². The van der Waals surface area contributed by atoms with E-state index in [0.717, 1.165) is 18.4 Å². The zero-order chi connectivity index (χ0) is 62.2. The van der Waals surface area contributed by atoms with Crippen LogP contribution in [0.2, 0.25) is 0 Å². The maximum Gasteiger partial charge on any atom is 0.335 e. The molecule has 0 aromatic rings. The summed E-state index contributed by atoms with van der Waals surface area (Å²) in [5.41, 5.74) is -2.75. The molecule has 0 bridgehead atoms. The Balaban J connectivity index is 0.903. The van der Waals surface area contributed by atoms with Gasteiger partial charge in [0.15, 0.2) is 37.4 Å². The van der Waals surface area contributed by atoms with Crippen LogP contribution in [-0.4, -0.2) is 262 Å². The Morgan fingerprint density at radius 3 is 1.82 bits per heavy atom. The fourth-order valence-electron chi connectivity index (χ4n) is 17.5. The van der Waals surface area contributed by atoms with E-state index in [4.69, 9.17) is 47.4 Å². The predicted octanol–water partition coefficient (Wildman–Crippen LogP) is -2.84. The minimum absolute atomic E-state index is 0.0487. The third kappa shape index (κ3) is 10.9. The van der Waals surface area contributed by atoms with Gasteiger partial charge in [0.25, 0.3) is 0 Å². The summed E-state index contributed by atoms with van der Waals surface area (Å²) in [5.74, 6) is -2.78. The van der Waals surface area contributed by atoms with Crippen molar-refractivity contribution in [2.75, 3.05) is 19.8 Å². The fraction of sp³-hybridized carbons (Fsp3) is 0.931. The van der Waals surface area contributed by atoms with Crippen LogP contribution >= 0.6 is 0 Å². The van der Waals surface area contributed by atoms with Crippen molar-refractivity contribution in [2.45, 2.75) is 267 Å². The molecule has 0 unspecified atom stereocenters. The van der Waals surface area contributed by atoms with E-state index in [1.807, 2.05) is 0 Å². The molecule has 15 N–H and O–H groups in total. The number of carbonyl (C=O) groups excluding carboxylic acids is 1. The molecule has 5 aliphatic heterocycles. The number of aliphatic hydroxyl groups excluding tert-OH is 14. The standard InChI is InChI=1S/C58H92O27/c1-22-42(81-47-38(69)32(63)25(60)20-76-47)43(82-48-39(70)35(66)34(65)27(19-59)79-48)41(72)50(78-22)84-45-33(64)26(61)21-77-51(45)85-52(75)58-16-15-53(2,3)17-24(58)23-9-10-29-55(6)13-12-31(80-49-40(71)36(67)37(68)44(83-49)46(73)74)54(4,5)28(55)11-14-56(29,7)57(23,8)18-30(58)62/h9,22,24-45,47-51,59-72H,10-21H2,1-8H3,(H,73,74)/t22-,24-,25+,26-,27+,28+,29+,30+,31-,32-,33-,34+,35-,36-,37-,38+,39+,40+,41+,42-,43-,44-,45+,47-,48-,49+,50-,51-,55-,56+,57+,58+/m0/s1. The molecule has 85 heavy (non-hydrogen) atoms. The highest BCUT2D eigenvalue weighted by atomic mass is 16.8. The van der Waals surface area contributed by atoms with Crippen molar-refractivity contribution < 1.29 is 134 Å². The van der Waals surface area contributed by atoms with Gasteiger partial charge in [-0.3, -0.25) is 4.79 Å². The van der Waals surface area contributed by atoms with Crippen molar-refractivity contribution in [1.29, 1.82) is 0 Å².